The predicted molar refractivity (Wildman–Crippen MR) is 195 cm³/mol. The summed E-state index contributed by atoms with van der Waals surface area (Å²) in [5, 5.41) is 4.97. The molecule has 4 aliphatic rings. The van der Waals surface area contributed by atoms with Gasteiger partial charge in [-0.3, -0.25) is 19.1 Å². The van der Waals surface area contributed by atoms with Gasteiger partial charge in [0, 0.05) is 18.9 Å². The molecule has 0 aromatic heterocycles. The third kappa shape index (κ3) is 8.52. The van der Waals surface area contributed by atoms with Gasteiger partial charge in [0.15, 0.2) is 0 Å². The summed E-state index contributed by atoms with van der Waals surface area (Å²) in [4.78, 5) is 56.5. The van der Waals surface area contributed by atoms with Gasteiger partial charge >= 0.3 is 6.09 Å². The highest BCUT2D eigenvalue weighted by atomic mass is 32.2. The molecule has 52 heavy (non-hydrogen) atoms. The third-order valence-corrected chi connectivity index (χ3v) is 12.4. The van der Waals surface area contributed by atoms with Crippen LogP contribution < -0.4 is 15.4 Å². The number of carbonyl (C=O) groups excluding carboxylic acids is 4. The maximum absolute atomic E-state index is 14.5. The van der Waals surface area contributed by atoms with Crippen molar-refractivity contribution in [2.75, 3.05) is 6.54 Å². The summed E-state index contributed by atoms with van der Waals surface area (Å²) >= 11 is 0. The molecule has 1 saturated heterocycles. The van der Waals surface area contributed by atoms with E-state index in [4.69, 9.17) is 9.47 Å². The largest absolute Gasteiger partial charge is 0.446 e. The van der Waals surface area contributed by atoms with Gasteiger partial charge < -0.3 is 25.0 Å². The summed E-state index contributed by atoms with van der Waals surface area (Å²) in [7, 11) is -3.87. The van der Waals surface area contributed by atoms with Crippen LogP contribution >= 0.6 is 0 Å². The maximum Gasteiger partial charge on any atom is 0.408 e. The standard InChI is InChI=1S/C39H50N4O8S/c1-5-28-22-39(28,36(46)42-52(48,49)31-18-19-31)41-34(44)32-21-30(50-24-25-12-11-15-27(20-25)26-13-7-6-8-14-26)23-43(32)35(45)33(38(2,3)4)40-37(47)51-29-16-9-10-17-29/h5-8,11-15,20,28-33H,1,9-10,16-19,21-24H2,2-4H3,(H,40,47)(H,41,44)(H,42,46)/t28-,30-,32+,33-,39+/m1/s1. The monoisotopic (exact) mass is 734 g/mol. The minimum absolute atomic E-state index is 0.0569. The van der Waals surface area contributed by atoms with Crippen LogP contribution in [0.15, 0.2) is 67.3 Å². The van der Waals surface area contributed by atoms with Gasteiger partial charge in [0.2, 0.25) is 21.8 Å². The van der Waals surface area contributed by atoms with E-state index < -0.39 is 74.1 Å². The van der Waals surface area contributed by atoms with Crippen LogP contribution in [-0.2, 0) is 40.5 Å². The summed E-state index contributed by atoms with van der Waals surface area (Å²) in [5.74, 6) is -2.41. The molecule has 3 aliphatic carbocycles. The first-order valence-electron chi connectivity index (χ1n) is 18.2. The second kappa shape index (κ2) is 15.0. The zero-order valence-corrected chi connectivity index (χ0v) is 31.0. The van der Waals surface area contributed by atoms with Crippen LogP contribution in [0.5, 0.6) is 0 Å². The van der Waals surface area contributed by atoms with Crippen LogP contribution in [0.3, 0.4) is 0 Å². The molecule has 0 radical (unpaired) electrons. The normalized spacial score (nSPS) is 25.2. The van der Waals surface area contributed by atoms with E-state index in [1.165, 1.54) is 11.0 Å². The zero-order chi connectivity index (χ0) is 37.3. The van der Waals surface area contributed by atoms with Gasteiger partial charge in [0.25, 0.3) is 5.91 Å². The molecular weight excluding hydrogens is 685 g/mol. The predicted octanol–water partition coefficient (Wildman–Crippen LogP) is 4.59. The van der Waals surface area contributed by atoms with Gasteiger partial charge in [-0.1, -0.05) is 75.4 Å². The van der Waals surface area contributed by atoms with E-state index in [0.717, 1.165) is 42.4 Å². The Labute approximate surface area is 306 Å². The smallest absolute Gasteiger partial charge is 0.408 e. The number of nitrogens with one attached hydrogen (secondary N) is 3. The van der Waals surface area contributed by atoms with Gasteiger partial charge in [0.1, 0.15) is 23.7 Å². The number of alkyl carbamates (subject to hydrolysis) is 1. The Hall–Kier alpha value is -4.23. The molecule has 1 aliphatic heterocycles. The van der Waals surface area contributed by atoms with Crippen molar-refractivity contribution in [3.05, 3.63) is 72.8 Å². The number of carbonyl (C=O) groups is 4. The molecule has 0 unspecified atom stereocenters. The topological polar surface area (TPSA) is 160 Å². The highest BCUT2D eigenvalue weighted by Crippen LogP contribution is 2.45. The summed E-state index contributed by atoms with van der Waals surface area (Å²) in [6.07, 6.45) is 4.80. The maximum atomic E-state index is 14.5. The van der Waals surface area contributed by atoms with Crippen molar-refractivity contribution in [2.45, 2.75) is 114 Å². The Morgan fingerprint density at radius 1 is 0.981 bits per heavy atom. The molecule has 3 saturated carbocycles. The first-order chi connectivity index (χ1) is 24.7. The Kier molecular flexibility index (Phi) is 10.8. The second-order valence-corrected chi connectivity index (χ2v) is 17.6. The van der Waals surface area contributed by atoms with Gasteiger partial charge in [0.05, 0.1) is 18.0 Å². The highest BCUT2D eigenvalue weighted by Gasteiger charge is 2.62. The van der Waals surface area contributed by atoms with Crippen LogP contribution in [0.1, 0.15) is 77.7 Å². The molecule has 2 aromatic rings. The first-order valence-corrected chi connectivity index (χ1v) is 19.8. The minimum Gasteiger partial charge on any atom is -0.446 e. The molecule has 6 rings (SSSR count). The van der Waals surface area contributed by atoms with Crippen molar-refractivity contribution in [3.8, 4) is 11.1 Å². The van der Waals surface area contributed by atoms with Gasteiger partial charge in [-0.05, 0) is 73.1 Å². The minimum atomic E-state index is -3.87. The van der Waals surface area contributed by atoms with Gasteiger partial charge in [-0.25, -0.2) is 13.2 Å². The molecule has 4 fully saturated rings. The Morgan fingerprint density at radius 3 is 2.31 bits per heavy atom. The van der Waals surface area contributed by atoms with E-state index in [9.17, 15) is 27.6 Å². The Bertz CT molecular complexity index is 1780. The average Bonchev–Trinajstić information content (AvgIpc) is 3.99. The molecule has 0 spiro atoms. The average molecular weight is 735 g/mol. The molecule has 5 atom stereocenters. The lowest BCUT2D eigenvalue weighted by molar-refractivity contribution is -0.143. The fraction of sp³-hybridized carbons (Fsp3) is 0.538. The number of likely N-dealkylation sites (tertiary alicyclic amines) is 1. The number of ether oxygens (including phenoxy) is 2. The van der Waals surface area contributed by atoms with Crippen LogP contribution in [0.25, 0.3) is 11.1 Å². The van der Waals surface area contributed by atoms with Crippen molar-refractivity contribution in [1.29, 1.82) is 0 Å². The number of rotatable bonds is 13. The molecule has 13 heteroatoms. The van der Waals surface area contributed by atoms with Crippen molar-refractivity contribution < 1.29 is 37.1 Å². The van der Waals surface area contributed by atoms with Crippen LogP contribution in [0.4, 0.5) is 4.79 Å². The second-order valence-electron chi connectivity index (χ2n) is 15.7. The number of hydrogen-bond acceptors (Lipinski definition) is 8. The molecule has 2 aromatic carbocycles. The fourth-order valence-corrected chi connectivity index (χ4v) is 8.60. The van der Waals surface area contributed by atoms with E-state index in [2.05, 4.69) is 21.9 Å². The highest BCUT2D eigenvalue weighted by molar-refractivity contribution is 7.91. The first kappa shape index (κ1) is 37.5. The van der Waals surface area contributed by atoms with Crippen LogP contribution in [-0.4, -0.2) is 78.8 Å². The summed E-state index contributed by atoms with van der Waals surface area (Å²) in [5.41, 5.74) is 0.729. The van der Waals surface area contributed by atoms with Gasteiger partial charge in [-0.2, -0.15) is 0 Å². The fourth-order valence-electron chi connectivity index (χ4n) is 7.24. The molecular formula is C39H50N4O8S. The molecule has 280 valence electrons. The van der Waals surface area contributed by atoms with Crippen LogP contribution in [0.2, 0.25) is 0 Å². The quantitative estimate of drug-likeness (QED) is 0.252. The van der Waals surface area contributed by atoms with E-state index in [-0.39, 0.29) is 32.1 Å². The summed E-state index contributed by atoms with van der Waals surface area (Å²) in [6.45, 7) is 9.53. The van der Waals surface area contributed by atoms with Crippen molar-refractivity contribution in [2.24, 2.45) is 11.3 Å². The molecule has 12 nitrogen and oxygen atoms in total. The molecule has 3 N–H and O–H groups in total. The lowest BCUT2D eigenvalue weighted by Gasteiger charge is -2.35. The summed E-state index contributed by atoms with van der Waals surface area (Å²) in [6, 6.07) is 15.8. The summed E-state index contributed by atoms with van der Waals surface area (Å²) < 4.78 is 39.5. The van der Waals surface area contributed by atoms with E-state index in [0.29, 0.717) is 12.8 Å². The molecule has 0 bridgehead atoms. The van der Waals surface area contributed by atoms with Crippen LogP contribution in [0, 0.1) is 11.3 Å². The van der Waals surface area contributed by atoms with Gasteiger partial charge in [-0.15, -0.1) is 6.58 Å². The third-order valence-electron chi connectivity index (χ3n) is 10.6. The Morgan fingerprint density at radius 2 is 1.67 bits per heavy atom. The van der Waals surface area contributed by atoms with Crippen molar-refractivity contribution in [3.63, 3.8) is 0 Å². The number of hydrogen-bond donors (Lipinski definition) is 3. The van der Waals surface area contributed by atoms with E-state index >= 15 is 0 Å². The number of sulfonamides is 1. The van der Waals surface area contributed by atoms with E-state index in [1.807, 2.05) is 75.4 Å². The number of nitrogens with zero attached hydrogens (tertiary/aromatic N) is 1. The number of benzene rings is 2. The lowest BCUT2D eigenvalue weighted by Crippen LogP contribution is -2.60. The lowest BCUT2D eigenvalue weighted by atomic mass is 9.85. The van der Waals surface area contributed by atoms with Crippen molar-refractivity contribution >= 4 is 33.8 Å². The molecule has 4 amide bonds. The van der Waals surface area contributed by atoms with E-state index in [1.54, 1.807) is 0 Å². The Balaban J connectivity index is 1.21. The SMILES string of the molecule is C=C[C@@H]1C[C@@]1(NC(=O)[C@@H]1C[C@@H](OCc2cccc(-c3ccccc3)c2)CN1C(=O)[C@@H](NC(=O)OC1CCCC1)C(C)(C)C)C(=O)NS(=O)(=O)C1CC1. The van der Waals surface area contributed by atoms with Crippen molar-refractivity contribution in [1.82, 2.24) is 20.3 Å². The number of amides is 4. The molecule has 1 heterocycles. The zero-order valence-electron chi connectivity index (χ0n) is 30.1.